The molecule has 0 saturated heterocycles. The predicted molar refractivity (Wildman–Crippen MR) is 35.7 cm³/mol. The zero-order chi connectivity index (χ0) is 6.97. The lowest BCUT2D eigenvalue weighted by molar-refractivity contribution is 0.300. The summed E-state index contributed by atoms with van der Waals surface area (Å²) in [6.45, 7) is 2.07. The quantitative estimate of drug-likeness (QED) is 0.621. The number of rotatable bonds is 2. The van der Waals surface area contributed by atoms with Gasteiger partial charge in [-0.2, -0.15) is 0 Å². The minimum Gasteiger partial charge on any atom is -0.244 e. The SMILES string of the molecule is CCc1nonc1C1CC1. The third-order valence-electron chi connectivity index (χ3n) is 1.88. The molecule has 1 fully saturated rings. The topological polar surface area (TPSA) is 38.9 Å². The van der Waals surface area contributed by atoms with Gasteiger partial charge in [0.1, 0.15) is 11.4 Å². The molecule has 0 amide bonds. The van der Waals surface area contributed by atoms with Crippen molar-refractivity contribution in [3.8, 4) is 0 Å². The van der Waals surface area contributed by atoms with Crippen LogP contribution in [0.5, 0.6) is 0 Å². The smallest absolute Gasteiger partial charge is 0.111 e. The molecule has 0 N–H and O–H groups in total. The van der Waals surface area contributed by atoms with Gasteiger partial charge in [0, 0.05) is 5.92 Å². The average Bonchev–Trinajstić information content (AvgIpc) is 2.69. The molecule has 0 atom stereocenters. The minimum atomic E-state index is 0.668. The summed E-state index contributed by atoms with van der Waals surface area (Å²) < 4.78 is 4.64. The summed E-state index contributed by atoms with van der Waals surface area (Å²) in [5, 5.41) is 7.67. The molecule has 1 aliphatic rings. The summed E-state index contributed by atoms with van der Waals surface area (Å²) in [6, 6.07) is 0. The highest BCUT2D eigenvalue weighted by molar-refractivity contribution is 5.17. The standard InChI is InChI=1S/C7H10N2O/c1-2-6-7(5-3-4-5)9-10-8-6/h5H,2-4H2,1H3. The molecule has 0 unspecified atom stereocenters. The first-order valence-electron chi connectivity index (χ1n) is 3.73. The van der Waals surface area contributed by atoms with Crippen molar-refractivity contribution < 1.29 is 4.63 Å². The first-order valence-corrected chi connectivity index (χ1v) is 3.73. The van der Waals surface area contributed by atoms with Gasteiger partial charge in [0.2, 0.25) is 0 Å². The highest BCUT2D eigenvalue weighted by Crippen LogP contribution is 2.40. The number of aromatic nitrogens is 2. The van der Waals surface area contributed by atoms with Crippen molar-refractivity contribution in [2.24, 2.45) is 0 Å². The maximum atomic E-state index is 4.64. The van der Waals surface area contributed by atoms with Crippen molar-refractivity contribution in [1.29, 1.82) is 0 Å². The predicted octanol–water partition coefficient (Wildman–Crippen LogP) is 1.51. The van der Waals surface area contributed by atoms with E-state index in [0.717, 1.165) is 17.8 Å². The van der Waals surface area contributed by atoms with Crippen LogP contribution in [0.4, 0.5) is 0 Å². The van der Waals surface area contributed by atoms with Crippen LogP contribution in [0, 0.1) is 0 Å². The normalized spacial score (nSPS) is 17.7. The molecule has 1 aromatic rings. The van der Waals surface area contributed by atoms with E-state index in [-0.39, 0.29) is 0 Å². The van der Waals surface area contributed by atoms with Gasteiger partial charge in [0.25, 0.3) is 0 Å². The summed E-state index contributed by atoms with van der Waals surface area (Å²) in [5.74, 6) is 0.668. The first kappa shape index (κ1) is 5.89. The Kier molecular flexibility index (Phi) is 1.22. The Hall–Kier alpha value is -0.860. The molecule has 1 aromatic heterocycles. The maximum absolute atomic E-state index is 4.64. The van der Waals surface area contributed by atoms with E-state index in [2.05, 4.69) is 21.9 Å². The number of nitrogens with zero attached hydrogens (tertiary/aromatic N) is 2. The maximum Gasteiger partial charge on any atom is 0.111 e. The Morgan fingerprint density at radius 1 is 1.50 bits per heavy atom. The van der Waals surface area contributed by atoms with Gasteiger partial charge in [-0.3, -0.25) is 0 Å². The van der Waals surface area contributed by atoms with Gasteiger partial charge >= 0.3 is 0 Å². The second-order valence-corrected chi connectivity index (χ2v) is 2.72. The van der Waals surface area contributed by atoms with Crippen LogP contribution in [0.1, 0.15) is 37.1 Å². The average molecular weight is 138 g/mol. The van der Waals surface area contributed by atoms with Gasteiger partial charge < -0.3 is 0 Å². The Labute approximate surface area is 59.4 Å². The van der Waals surface area contributed by atoms with Crippen LogP contribution >= 0.6 is 0 Å². The van der Waals surface area contributed by atoms with Crippen LogP contribution in [-0.4, -0.2) is 10.3 Å². The van der Waals surface area contributed by atoms with E-state index in [4.69, 9.17) is 0 Å². The molecular weight excluding hydrogens is 128 g/mol. The second-order valence-electron chi connectivity index (χ2n) is 2.72. The van der Waals surface area contributed by atoms with Gasteiger partial charge in [-0.25, -0.2) is 4.63 Å². The first-order chi connectivity index (χ1) is 4.92. The van der Waals surface area contributed by atoms with Crippen molar-refractivity contribution in [3.63, 3.8) is 0 Å². The summed E-state index contributed by atoms with van der Waals surface area (Å²) in [4.78, 5) is 0. The Morgan fingerprint density at radius 2 is 2.30 bits per heavy atom. The lowest BCUT2D eigenvalue weighted by Crippen LogP contribution is -1.87. The van der Waals surface area contributed by atoms with E-state index in [1.165, 1.54) is 12.8 Å². The third-order valence-corrected chi connectivity index (χ3v) is 1.88. The molecule has 0 bridgehead atoms. The van der Waals surface area contributed by atoms with Gasteiger partial charge in [-0.1, -0.05) is 17.2 Å². The lowest BCUT2D eigenvalue weighted by atomic mass is 10.2. The number of aryl methyl sites for hydroxylation is 1. The third kappa shape index (κ3) is 0.818. The van der Waals surface area contributed by atoms with Gasteiger partial charge in [0.05, 0.1) is 0 Å². The van der Waals surface area contributed by atoms with Crippen LogP contribution < -0.4 is 0 Å². The molecule has 0 spiro atoms. The van der Waals surface area contributed by atoms with Crippen LogP contribution in [0.3, 0.4) is 0 Å². The molecule has 10 heavy (non-hydrogen) atoms. The summed E-state index contributed by atoms with van der Waals surface area (Å²) in [6.07, 6.45) is 3.47. The molecule has 1 heterocycles. The van der Waals surface area contributed by atoms with Crippen molar-refractivity contribution in [2.45, 2.75) is 32.1 Å². The van der Waals surface area contributed by atoms with Gasteiger partial charge in [-0.05, 0) is 19.3 Å². The van der Waals surface area contributed by atoms with Crippen molar-refractivity contribution >= 4 is 0 Å². The van der Waals surface area contributed by atoms with E-state index < -0.39 is 0 Å². The Balaban J connectivity index is 2.28. The number of hydrogen-bond acceptors (Lipinski definition) is 3. The van der Waals surface area contributed by atoms with Crippen molar-refractivity contribution in [2.75, 3.05) is 0 Å². The van der Waals surface area contributed by atoms with E-state index >= 15 is 0 Å². The molecule has 54 valence electrons. The molecular formula is C7H10N2O. The summed E-state index contributed by atoms with van der Waals surface area (Å²) >= 11 is 0. The molecule has 0 aromatic carbocycles. The van der Waals surface area contributed by atoms with Crippen LogP contribution in [-0.2, 0) is 6.42 Å². The molecule has 3 nitrogen and oxygen atoms in total. The van der Waals surface area contributed by atoms with E-state index in [9.17, 15) is 0 Å². The molecule has 0 aliphatic heterocycles. The fourth-order valence-corrected chi connectivity index (χ4v) is 1.13. The molecule has 0 radical (unpaired) electrons. The summed E-state index contributed by atoms with van der Waals surface area (Å²) in [5.41, 5.74) is 2.14. The highest BCUT2D eigenvalue weighted by atomic mass is 16.6. The zero-order valence-corrected chi connectivity index (χ0v) is 6.00. The van der Waals surface area contributed by atoms with Gasteiger partial charge in [-0.15, -0.1) is 0 Å². The monoisotopic (exact) mass is 138 g/mol. The fraction of sp³-hybridized carbons (Fsp3) is 0.714. The number of hydrogen-bond donors (Lipinski definition) is 0. The summed E-state index contributed by atoms with van der Waals surface area (Å²) in [7, 11) is 0. The zero-order valence-electron chi connectivity index (χ0n) is 6.00. The van der Waals surface area contributed by atoms with Crippen LogP contribution in [0.25, 0.3) is 0 Å². The molecule has 1 aliphatic carbocycles. The van der Waals surface area contributed by atoms with Crippen LogP contribution in [0.15, 0.2) is 4.63 Å². The van der Waals surface area contributed by atoms with Crippen molar-refractivity contribution in [1.82, 2.24) is 10.3 Å². The van der Waals surface area contributed by atoms with E-state index in [1.54, 1.807) is 0 Å². The minimum absolute atomic E-state index is 0.668. The highest BCUT2D eigenvalue weighted by Gasteiger charge is 2.29. The van der Waals surface area contributed by atoms with Crippen molar-refractivity contribution in [3.05, 3.63) is 11.4 Å². The molecule has 2 rings (SSSR count). The van der Waals surface area contributed by atoms with Gasteiger partial charge in [0.15, 0.2) is 0 Å². The van der Waals surface area contributed by atoms with Crippen LogP contribution in [0.2, 0.25) is 0 Å². The molecule has 1 saturated carbocycles. The second kappa shape index (κ2) is 2.08. The largest absolute Gasteiger partial charge is 0.244 e. The Bertz CT molecular complexity index is 227. The fourth-order valence-electron chi connectivity index (χ4n) is 1.13. The van der Waals surface area contributed by atoms with E-state index in [0.29, 0.717) is 5.92 Å². The lowest BCUT2D eigenvalue weighted by Gasteiger charge is -1.88. The Morgan fingerprint density at radius 3 is 2.90 bits per heavy atom. The van der Waals surface area contributed by atoms with E-state index in [1.807, 2.05) is 0 Å². The molecule has 3 heteroatoms.